The second kappa shape index (κ2) is 12.4. The van der Waals surface area contributed by atoms with Gasteiger partial charge in [0.25, 0.3) is 5.56 Å². The number of aliphatic hydroxyl groups is 1. The van der Waals surface area contributed by atoms with Crippen LogP contribution in [0.1, 0.15) is 38.3 Å². The topological polar surface area (TPSA) is 101 Å². The number of hydrogen-bond acceptors (Lipinski definition) is 7. The van der Waals surface area contributed by atoms with E-state index in [9.17, 15) is 14.7 Å². The van der Waals surface area contributed by atoms with E-state index in [0.717, 1.165) is 38.9 Å². The number of benzene rings is 3. The van der Waals surface area contributed by atoms with E-state index in [2.05, 4.69) is 6.07 Å². The van der Waals surface area contributed by atoms with Gasteiger partial charge in [-0.05, 0) is 47.9 Å². The number of aliphatic hydroxyl groups excluding tert-OH is 1. The molecule has 0 saturated carbocycles. The summed E-state index contributed by atoms with van der Waals surface area (Å²) in [6.45, 7) is 0.150. The number of aryl methyl sites for hydroxylation is 1. The van der Waals surface area contributed by atoms with Gasteiger partial charge in [-0.15, -0.1) is 0 Å². The van der Waals surface area contributed by atoms with E-state index >= 15 is 0 Å². The number of methoxy groups -OCH3 is 3. The van der Waals surface area contributed by atoms with Gasteiger partial charge >= 0.3 is 5.97 Å². The molecule has 45 heavy (non-hydrogen) atoms. The van der Waals surface area contributed by atoms with Gasteiger partial charge in [0, 0.05) is 46.4 Å². The van der Waals surface area contributed by atoms with Gasteiger partial charge in [0.15, 0.2) is 5.56 Å². The Bertz CT molecular complexity index is 2000. The predicted octanol–water partition coefficient (Wildman–Crippen LogP) is 5.50. The summed E-state index contributed by atoms with van der Waals surface area (Å²) in [5.41, 5.74) is 5.62. The van der Waals surface area contributed by atoms with Gasteiger partial charge in [0.2, 0.25) is 0 Å². The molecule has 2 heterocycles. The van der Waals surface area contributed by atoms with Crippen LogP contribution in [-0.4, -0.2) is 41.5 Å². The molecule has 3 aromatic carbocycles. The monoisotopic (exact) mass is 606 g/mol. The predicted molar refractivity (Wildman–Crippen MR) is 172 cm³/mol. The molecule has 5 aromatic rings. The highest BCUT2D eigenvalue weighted by Gasteiger charge is 2.31. The molecule has 2 aromatic heterocycles. The summed E-state index contributed by atoms with van der Waals surface area (Å²) in [5.74, 6) is 0.575. The fraction of sp³-hybridized carbons (Fsp3) is 0.222. The van der Waals surface area contributed by atoms with Crippen LogP contribution < -0.4 is 19.8 Å². The van der Waals surface area contributed by atoms with Gasteiger partial charge in [-0.1, -0.05) is 42.5 Å². The minimum absolute atomic E-state index is 0.103. The molecule has 6 rings (SSSR count). The van der Waals surface area contributed by atoms with Crippen LogP contribution in [0.3, 0.4) is 0 Å². The lowest BCUT2D eigenvalue weighted by molar-refractivity contribution is 0.0592. The standard InChI is InChI=1S/C36H34N2O7/c1-37-26(20-39)15-25-16-29-23(17-30(25)37)11-8-12-28-33(29)38(19-24-13-14-27(42-2)18-31(24)43-3)35(40)32(36(41)44-4)34(28)45-21-22-9-6-5-7-10-22/h5-11,13-18,39H,12,19-21H2,1-4H3. The Balaban J connectivity index is 1.66. The van der Waals surface area contributed by atoms with Crippen LogP contribution >= 0.6 is 0 Å². The lowest BCUT2D eigenvalue weighted by Gasteiger charge is -2.23. The van der Waals surface area contributed by atoms with Crippen molar-refractivity contribution in [1.29, 1.82) is 0 Å². The number of allylic oxidation sites excluding steroid dienone is 1. The number of rotatable bonds is 9. The number of carbonyl (C=O) groups excluding carboxylic acids is 1. The maximum atomic E-state index is 14.5. The molecule has 0 aliphatic heterocycles. The molecule has 0 amide bonds. The normalized spacial score (nSPS) is 11.9. The van der Waals surface area contributed by atoms with Gasteiger partial charge in [0.05, 0.1) is 40.2 Å². The summed E-state index contributed by atoms with van der Waals surface area (Å²) < 4.78 is 26.2. The van der Waals surface area contributed by atoms with Crippen LogP contribution in [0.15, 0.2) is 77.6 Å². The minimum Gasteiger partial charge on any atom is -0.497 e. The molecule has 0 atom stereocenters. The van der Waals surface area contributed by atoms with Crippen molar-refractivity contribution in [2.75, 3.05) is 21.3 Å². The third-order valence-corrected chi connectivity index (χ3v) is 8.30. The summed E-state index contributed by atoms with van der Waals surface area (Å²) in [7, 11) is 6.31. The van der Waals surface area contributed by atoms with Crippen LogP contribution in [0.5, 0.6) is 17.2 Å². The first-order valence-corrected chi connectivity index (χ1v) is 14.5. The van der Waals surface area contributed by atoms with E-state index in [1.807, 2.05) is 72.3 Å². The molecule has 230 valence electrons. The number of ether oxygens (including phenoxy) is 4. The molecule has 0 fully saturated rings. The second-order valence-electron chi connectivity index (χ2n) is 10.8. The molecule has 0 radical (unpaired) electrons. The van der Waals surface area contributed by atoms with E-state index in [1.54, 1.807) is 30.9 Å². The lowest BCUT2D eigenvalue weighted by Crippen LogP contribution is -2.31. The maximum absolute atomic E-state index is 14.5. The number of carbonyl (C=O) groups is 1. The van der Waals surface area contributed by atoms with Crippen molar-refractivity contribution >= 4 is 22.9 Å². The number of esters is 1. The smallest absolute Gasteiger partial charge is 0.347 e. The highest BCUT2D eigenvalue weighted by molar-refractivity contribution is 5.96. The number of pyridine rings is 1. The molecule has 0 spiro atoms. The first-order chi connectivity index (χ1) is 21.9. The Hall–Kier alpha value is -5.28. The van der Waals surface area contributed by atoms with Crippen LogP contribution in [0.25, 0.3) is 28.2 Å². The molecule has 1 N–H and O–H groups in total. The average Bonchev–Trinajstić information content (AvgIpc) is 3.26. The zero-order valence-corrected chi connectivity index (χ0v) is 25.6. The molecule has 1 aliphatic rings. The van der Waals surface area contributed by atoms with Crippen molar-refractivity contribution in [2.45, 2.75) is 26.2 Å². The van der Waals surface area contributed by atoms with Crippen LogP contribution in [-0.2, 0) is 38.0 Å². The van der Waals surface area contributed by atoms with Crippen molar-refractivity contribution in [2.24, 2.45) is 7.05 Å². The van der Waals surface area contributed by atoms with Gasteiger partial charge in [0.1, 0.15) is 23.9 Å². The molecule has 0 unspecified atom stereocenters. The van der Waals surface area contributed by atoms with Crippen molar-refractivity contribution in [3.8, 4) is 28.5 Å². The van der Waals surface area contributed by atoms with Gasteiger partial charge in [-0.2, -0.15) is 0 Å². The van der Waals surface area contributed by atoms with Crippen LogP contribution in [0.2, 0.25) is 0 Å². The fourth-order valence-electron chi connectivity index (χ4n) is 5.98. The molecule has 0 saturated heterocycles. The molecule has 9 nitrogen and oxygen atoms in total. The Morgan fingerprint density at radius 2 is 1.78 bits per heavy atom. The molecule has 1 aliphatic carbocycles. The van der Waals surface area contributed by atoms with Gasteiger partial charge in [-0.25, -0.2) is 4.79 Å². The molecular formula is C36H34N2O7. The minimum atomic E-state index is -0.777. The third kappa shape index (κ3) is 5.36. The number of hydrogen-bond donors (Lipinski definition) is 1. The van der Waals surface area contributed by atoms with Crippen LogP contribution in [0.4, 0.5) is 0 Å². The van der Waals surface area contributed by atoms with E-state index < -0.39 is 11.5 Å². The maximum Gasteiger partial charge on any atom is 0.347 e. The second-order valence-corrected chi connectivity index (χ2v) is 10.8. The van der Waals surface area contributed by atoms with Crippen molar-refractivity contribution < 1.29 is 28.8 Å². The van der Waals surface area contributed by atoms with E-state index in [1.165, 1.54) is 7.11 Å². The first-order valence-electron chi connectivity index (χ1n) is 14.5. The van der Waals surface area contributed by atoms with E-state index in [0.29, 0.717) is 29.2 Å². The summed E-state index contributed by atoms with van der Waals surface area (Å²) in [4.78, 5) is 27.9. The van der Waals surface area contributed by atoms with E-state index in [-0.39, 0.29) is 31.1 Å². The third-order valence-electron chi connectivity index (χ3n) is 8.30. The zero-order valence-electron chi connectivity index (χ0n) is 25.6. The molecule has 0 bridgehead atoms. The van der Waals surface area contributed by atoms with E-state index in [4.69, 9.17) is 18.9 Å². The first kappa shape index (κ1) is 29.8. The fourth-order valence-corrected chi connectivity index (χ4v) is 5.98. The number of aromatic nitrogens is 2. The Kier molecular flexibility index (Phi) is 8.19. The summed E-state index contributed by atoms with van der Waals surface area (Å²) >= 11 is 0. The Labute approximate surface area is 260 Å². The quantitative estimate of drug-likeness (QED) is 0.221. The van der Waals surface area contributed by atoms with Crippen LogP contribution in [0, 0.1) is 0 Å². The van der Waals surface area contributed by atoms with Gasteiger partial charge in [-0.3, -0.25) is 4.79 Å². The van der Waals surface area contributed by atoms with Gasteiger partial charge < -0.3 is 33.2 Å². The summed E-state index contributed by atoms with van der Waals surface area (Å²) in [6, 6.07) is 21.0. The Morgan fingerprint density at radius 1 is 0.978 bits per heavy atom. The Morgan fingerprint density at radius 3 is 2.49 bits per heavy atom. The highest BCUT2D eigenvalue weighted by atomic mass is 16.5. The average molecular weight is 607 g/mol. The zero-order chi connectivity index (χ0) is 31.7. The largest absolute Gasteiger partial charge is 0.497 e. The number of nitrogens with zero attached hydrogens (tertiary/aromatic N) is 2. The lowest BCUT2D eigenvalue weighted by atomic mass is 9.96. The molecular weight excluding hydrogens is 572 g/mol. The molecule has 9 heteroatoms. The van der Waals surface area contributed by atoms with Crippen molar-refractivity contribution in [3.05, 3.63) is 117 Å². The highest BCUT2D eigenvalue weighted by Crippen LogP contribution is 2.40. The summed E-state index contributed by atoms with van der Waals surface area (Å²) in [5, 5.41) is 10.9. The number of fused-ring (bicyclic) bond motifs is 4. The SMILES string of the molecule is COC(=O)c1c(OCc2ccccc2)c2c(n(Cc3ccc(OC)cc3OC)c1=O)-c1cc3cc(CO)n(C)c3cc1C=CC2. The summed E-state index contributed by atoms with van der Waals surface area (Å²) in [6.07, 6.45) is 4.42. The van der Waals surface area contributed by atoms with Crippen molar-refractivity contribution in [3.63, 3.8) is 0 Å². The van der Waals surface area contributed by atoms with Crippen molar-refractivity contribution in [1.82, 2.24) is 9.13 Å².